The van der Waals surface area contributed by atoms with Crippen molar-refractivity contribution in [3.63, 3.8) is 0 Å². The molecule has 10 heteroatoms. The van der Waals surface area contributed by atoms with Gasteiger partial charge in [-0.2, -0.15) is 0 Å². The molecule has 0 aromatic heterocycles. The number of rotatable bonds is 4. The second kappa shape index (κ2) is 6.92. The fourth-order valence-electron chi connectivity index (χ4n) is 8.39. The normalized spacial score (nSPS) is 37.7. The Labute approximate surface area is 217 Å². The molecule has 2 unspecified atom stereocenters. The topological polar surface area (TPSA) is 133 Å². The van der Waals surface area contributed by atoms with Crippen LogP contribution in [0.2, 0.25) is 0 Å². The zero-order valence-corrected chi connectivity index (χ0v) is 20.8. The number of benzene rings is 2. The van der Waals surface area contributed by atoms with Gasteiger partial charge in [-0.05, 0) is 62.6 Å². The quantitative estimate of drug-likeness (QED) is 0.274. The van der Waals surface area contributed by atoms with Gasteiger partial charge in [-0.3, -0.25) is 29.5 Å². The van der Waals surface area contributed by atoms with E-state index in [1.807, 2.05) is 13.0 Å². The van der Waals surface area contributed by atoms with Gasteiger partial charge in [-0.25, -0.2) is 0 Å². The molecular weight excluding hydrogens is 490 g/mol. The lowest BCUT2D eigenvalue weighted by molar-refractivity contribution is -0.384. The second-order valence-electron chi connectivity index (χ2n) is 12.0. The zero-order valence-electron chi connectivity index (χ0n) is 20.8. The Morgan fingerprint density at radius 3 is 2.61 bits per heavy atom. The predicted molar refractivity (Wildman–Crippen MR) is 132 cm³/mol. The summed E-state index contributed by atoms with van der Waals surface area (Å²) >= 11 is 0. The minimum Gasteiger partial charge on any atom is -0.504 e. The molecule has 2 N–H and O–H groups in total. The minimum atomic E-state index is -1.13. The number of fused-ring (bicyclic) bond motifs is 4. The van der Waals surface area contributed by atoms with E-state index >= 15 is 0 Å². The van der Waals surface area contributed by atoms with Gasteiger partial charge in [0.1, 0.15) is 6.10 Å². The van der Waals surface area contributed by atoms with Gasteiger partial charge in [-0.15, -0.1) is 0 Å². The number of likely N-dealkylation sites (tertiary alicyclic amines) is 1. The molecule has 10 nitrogen and oxygen atoms in total. The molecule has 6 aliphatic rings. The number of amides is 2. The number of imide groups is 1. The fraction of sp³-hybridized carbons (Fsp3) is 0.500. The van der Waals surface area contributed by atoms with Crippen molar-refractivity contribution in [3.8, 4) is 11.5 Å². The number of ether oxygens (including phenoxy) is 1. The summed E-state index contributed by atoms with van der Waals surface area (Å²) in [7, 11) is 0. The van der Waals surface area contributed by atoms with Crippen molar-refractivity contribution in [2.75, 3.05) is 6.54 Å². The number of carbonyl (C=O) groups is 2. The zero-order chi connectivity index (χ0) is 26.3. The van der Waals surface area contributed by atoms with Crippen molar-refractivity contribution in [2.45, 2.75) is 74.3 Å². The van der Waals surface area contributed by atoms with Crippen molar-refractivity contribution in [1.29, 1.82) is 0 Å². The van der Waals surface area contributed by atoms with Crippen molar-refractivity contribution in [1.82, 2.24) is 9.80 Å². The third kappa shape index (κ3) is 2.50. The van der Waals surface area contributed by atoms with Crippen LogP contribution in [0.15, 0.2) is 30.3 Å². The maximum absolute atomic E-state index is 13.6. The highest BCUT2D eigenvalue weighted by molar-refractivity contribution is 6.22. The summed E-state index contributed by atoms with van der Waals surface area (Å²) in [6, 6.07) is 6.60. The highest BCUT2D eigenvalue weighted by Crippen LogP contribution is 2.70. The van der Waals surface area contributed by atoms with Gasteiger partial charge < -0.3 is 14.9 Å². The van der Waals surface area contributed by atoms with Crippen LogP contribution in [0.3, 0.4) is 0 Å². The number of nitrogens with zero attached hydrogens (tertiary/aromatic N) is 3. The van der Waals surface area contributed by atoms with Crippen LogP contribution in [-0.4, -0.2) is 73.1 Å². The number of aliphatic hydroxyl groups is 1. The number of hydrogen-bond donors (Lipinski definition) is 2. The van der Waals surface area contributed by atoms with Crippen LogP contribution in [-0.2, 0) is 5.41 Å². The van der Waals surface area contributed by atoms with E-state index in [4.69, 9.17) is 4.74 Å². The molecule has 196 valence electrons. The molecule has 0 radical (unpaired) electrons. The highest BCUT2D eigenvalue weighted by Gasteiger charge is 2.81. The van der Waals surface area contributed by atoms with Crippen LogP contribution in [0.25, 0.3) is 0 Å². The van der Waals surface area contributed by atoms with Gasteiger partial charge >= 0.3 is 0 Å². The van der Waals surface area contributed by atoms with Crippen LogP contribution in [0.5, 0.6) is 11.5 Å². The van der Waals surface area contributed by atoms with Crippen LogP contribution in [0, 0.1) is 23.0 Å². The fourth-order valence-corrected chi connectivity index (χ4v) is 8.39. The lowest BCUT2D eigenvalue weighted by Gasteiger charge is -2.53. The van der Waals surface area contributed by atoms with Gasteiger partial charge in [-0.1, -0.05) is 6.07 Å². The van der Waals surface area contributed by atoms with E-state index in [0.29, 0.717) is 30.9 Å². The highest BCUT2D eigenvalue weighted by atomic mass is 16.6. The molecule has 2 aromatic rings. The lowest BCUT2D eigenvalue weighted by Crippen LogP contribution is -2.68. The Hall–Kier alpha value is -3.50. The molecule has 7 atom stereocenters. The number of aryl methyl sites for hydroxylation is 1. The Balaban J connectivity index is 1.23. The Bertz CT molecular complexity index is 1490. The summed E-state index contributed by atoms with van der Waals surface area (Å²) in [6.07, 6.45) is 3.04. The van der Waals surface area contributed by atoms with Gasteiger partial charge in [0, 0.05) is 30.3 Å². The van der Waals surface area contributed by atoms with Gasteiger partial charge in [0.25, 0.3) is 17.5 Å². The summed E-state index contributed by atoms with van der Waals surface area (Å²) in [6.45, 7) is 2.92. The monoisotopic (exact) mass is 517 g/mol. The van der Waals surface area contributed by atoms with Gasteiger partial charge in [0.05, 0.1) is 39.1 Å². The Morgan fingerprint density at radius 1 is 1.11 bits per heavy atom. The van der Waals surface area contributed by atoms with E-state index < -0.39 is 39.9 Å². The lowest BCUT2D eigenvalue weighted by atomic mass is 9.57. The molecular formula is C28H27N3O7. The van der Waals surface area contributed by atoms with Crippen LogP contribution in [0.1, 0.15) is 63.9 Å². The molecule has 2 aromatic carbocycles. The first-order chi connectivity index (χ1) is 18.2. The minimum absolute atomic E-state index is 0.0125. The van der Waals surface area contributed by atoms with Crippen LogP contribution < -0.4 is 4.74 Å². The molecule has 2 amide bonds. The van der Waals surface area contributed by atoms with E-state index in [0.717, 1.165) is 23.7 Å². The molecule has 4 fully saturated rings. The summed E-state index contributed by atoms with van der Waals surface area (Å²) in [5.74, 6) is -0.109. The van der Waals surface area contributed by atoms with E-state index in [1.54, 1.807) is 6.07 Å². The number of carbonyl (C=O) groups excluding carboxylic acids is 2. The number of nitro benzene ring substituents is 1. The van der Waals surface area contributed by atoms with Crippen molar-refractivity contribution in [3.05, 3.63) is 62.7 Å². The van der Waals surface area contributed by atoms with E-state index in [9.17, 15) is 29.9 Å². The van der Waals surface area contributed by atoms with Crippen LogP contribution in [0.4, 0.5) is 5.69 Å². The van der Waals surface area contributed by atoms with E-state index in [2.05, 4.69) is 4.90 Å². The molecule has 0 bridgehead atoms. The summed E-state index contributed by atoms with van der Waals surface area (Å²) in [4.78, 5) is 41.5. The molecule has 38 heavy (non-hydrogen) atoms. The first kappa shape index (κ1) is 22.5. The maximum Gasteiger partial charge on any atom is 0.270 e. The SMILES string of the molecule is Cc1ccc(O)c2c1[C@]13CC4[C@@H](N4CC4CC4)[C@]1(O)CC[C@@H](N1C(=O)c4ccc([N+](=O)[O-])cc4C1=O)[C@@H]3O2. The molecule has 8 rings (SSSR count). The third-order valence-electron chi connectivity index (χ3n) is 10.2. The molecule has 3 saturated carbocycles. The van der Waals surface area contributed by atoms with Crippen LogP contribution >= 0.6 is 0 Å². The number of phenolic OH excluding ortho intramolecular Hbond substituents is 1. The standard InChI is InChI=1S/C28H27N3O7/c1-13-2-7-20(32)22-21(13)27-11-19-23(29(19)12-14-3-4-14)28(27,35)9-8-18(24(27)38-22)30-25(33)16-6-5-15(31(36)37)10-17(16)26(30)34/h2,5-7,10,14,18-19,23-24,32,35H,3-4,8-9,11-12H2,1H3/t18-,19?,23-,24+,27+,28-,29?/m1/s1. The van der Waals surface area contributed by atoms with Gasteiger partial charge in [0.15, 0.2) is 11.5 Å². The average Bonchev–Trinajstić information content (AvgIpc) is 3.75. The molecule has 3 heterocycles. The Kier molecular flexibility index (Phi) is 4.09. The van der Waals surface area contributed by atoms with E-state index in [1.165, 1.54) is 29.9 Å². The summed E-state index contributed by atoms with van der Waals surface area (Å²) in [5, 5.41) is 34.7. The van der Waals surface area contributed by atoms with E-state index in [-0.39, 0.29) is 34.6 Å². The maximum atomic E-state index is 13.6. The Morgan fingerprint density at radius 2 is 1.87 bits per heavy atom. The first-order valence-corrected chi connectivity index (χ1v) is 13.3. The number of non-ortho nitro benzene ring substituents is 1. The molecule has 3 aliphatic heterocycles. The van der Waals surface area contributed by atoms with Crippen molar-refractivity contribution in [2.24, 2.45) is 5.92 Å². The molecule has 1 saturated heterocycles. The predicted octanol–water partition coefficient (Wildman–Crippen LogP) is 2.66. The number of aromatic hydroxyl groups is 1. The molecule has 3 aliphatic carbocycles. The number of phenols is 1. The number of piperidine rings is 1. The van der Waals surface area contributed by atoms with Crippen molar-refractivity contribution >= 4 is 17.5 Å². The number of nitro groups is 1. The first-order valence-electron chi connectivity index (χ1n) is 13.3. The molecule has 1 spiro atoms. The smallest absolute Gasteiger partial charge is 0.270 e. The third-order valence-corrected chi connectivity index (χ3v) is 10.2. The van der Waals surface area contributed by atoms with Crippen molar-refractivity contribution < 1.29 is 29.5 Å². The summed E-state index contributed by atoms with van der Waals surface area (Å²) < 4.78 is 6.49. The largest absolute Gasteiger partial charge is 0.504 e. The average molecular weight is 518 g/mol. The summed E-state index contributed by atoms with van der Waals surface area (Å²) in [5.41, 5.74) is -0.445. The number of hydrogen-bond acceptors (Lipinski definition) is 8. The van der Waals surface area contributed by atoms with Gasteiger partial charge in [0.2, 0.25) is 0 Å². The second-order valence-corrected chi connectivity index (χ2v) is 12.0.